The zero-order chi connectivity index (χ0) is 14.7. The summed E-state index contributed by atoms with van der Waals surface area (Å²) in [5.41, 5.74) is 2.42. The minimum Gasteiger partial charge on any atom is -0.319 e. The second-order valence-corrected chi connectivity index (χ2v) is 6.23. The summed E-state index contributed by atoms with van der Waals surface area (Å²) in [6, 6.07) is 8.28. The molecule has 1 aromatic carbocycles. The number of fused-ring (bicyclic) bond motifs is 1. The Morgan fingerprint density at radius 1 is 1.33 bits per heavy atom. The number of rotatable bonds is 4. The van der Waals surface area contributed by atoms with Gasteiger partial charge < -0.3 is 10.2 Å². The maximum Gasteiger partial charge on any atom is 0.241 e. The van der Waals surface area contributed by atoms with Crippen LogP contribution in [0.25, 0.3) is 0 Å². The first-order valence-corrected chi connectivity index (χ1v) is 8.03. The van der Waals surface area contributed by atoms with Gasteiger partial charge in [0.2, 0.25) is 5.91 Å². The number of benzene rings is 1. The molecule has 4 heteroatoms. The van der Waals surface area contributed by atoms with Crippen LogP contribution in [0.2, 0.25) is 0 Å². The number of anilines is 1. The molecule has 2 heterocycles. The molecule has 0 aromatic heterocycles. The van der Waals surface area contributed by atoms with Crippen LogP contribution in [0, 0.1) is 5.92 Å². The molecule has 1 unspecified atom stereocenters. The van der Waals surface area contributed by atoms with Crippen LogP contribution in [-0.4, -0.2) is 50.6 Å². The van der Waals surface area contributed by atoms with E-state index in [1.54, 1.807) is 0 Å². The van der Waals surface area contributed by atoms with Gasteiger partial charge in [-0.25, -0.2) is 0 Å². The van der Waals surface area contributed by atoms with Crippen LogP contribution in [0.15, 0.2) is 24.3 Å². The fraction of sp³-hybridized carbons (Fsp3) is 0.588. The van der Waals surface area contributed by atoms with E-state index in [2.05, 4.69) is 28.4 Å². The first kappa shape index (κ1) is 14.5. The lowest BCUT2D eigenvalue weighted by Crippen LogP contribution is -2.45. The van der Waals surface area contributed by atoms with Crippen molar-refractivity contribution < 1.29 is 4.79 Å². The topological polar surface area (TPSA) is 35.6 Å². The van der Waals surface area contributed by atoms with Gasteiger partial charge in [0, 0.05) is 18.8 Å². The van der Waals surface area contributed by atoms with Crippen molar-refractivity contribution in [1.82, 2.24) is 10.2 Å². The van der Waals surface area contributed by atoms with Gasteiger partial charge in [-0.1, -0.05) is 18.2 Å². The van der Waals surface area contributed by atoms with Gasteiger partial charge in [0.15, 0.2) is 0 Å². The van der Waals surface area contributed by atoms with Gasteiger partial charge in [-0.3, -0.25) is 9.69 Å². The van der Waals surface area contributed by atoms with E-state index in [1.165, 1.54) is 18.4 Å². The van der Waals surface area contributed by atoms with Crippen LogP contribution in [0.4, 0.5) is 5.69 Å². The van der Waals surface area contributed by atoms with Gasteiger partial charge in [-0.15, -0.1) is 0 Å². The van der Waals surface area contributed by atoms with Crippen molar-refractivity contribution in [3.05, 3.63) is 29.8 Å². The van der Waals surface area contributed by atoms with Gasteiger partial charge in [-0.2, -0.15) is 0 Å². The molecule has 0 saturated carbocycles. The third kappa shape index (κ3) is 3.27. The van der Waals surface area contributed by atoms with Gasteiger partial charge in [0.25, 0.3) is 0 Å². The molecular weight excluding hydrogens is 262 g/mol. The Morgan fingerprint density at radius 3 is 3.05 bits per heavy atom. The number of para-hydroxylation sites is 1. The number of nitrogens with one attached hydrogen (secondary N) is 1. The number of piperidine rings is 1. The maximum absolute atomic E-state index is 12.6. The highest BCUT2D eigenvalue weighted by atomic mass is 16.2. The molecule has 2 aliphatic rings. The highest BCUT2D eigenvalue weighted by Crippen LogP contribution is 2.27. The lowest BCUT2D eigenvalue weighted by Gasteiger charge is -2.33. The third-order valence-electron chi connectivity index (χ3n) is 4.64. The van der Waals surface area contributed by atoms with Crippen LogP contribution in [-0.2, 0) is 11.2 Å². The SMILES string of the molecule is CNCC1CCCN(CC(=O)N2CCc3ccccc32)C1. The molecule has 0 bridgehead atoms. The number of nitrogens with zero attached hydrogens (tertiary/aromatic N) is 2. The molecule has 0 aliphatic carbocycles. The Kier molecular flexibility index (Phi) is 4.56. The number of carbonyl (C=O) groups is 1. The Balaban J connectivity index is 1.60. The average Bonchev–Trinajstić information content (AvgIpc) is 2.92. The Labute approximate surface area is 127 Å². The molecule has 3 rings (SSSR count). The molecular formula is C17H25N3O. The lowest BCUT2D eigenvalue weighted by molar-refractivity contribution is -0.120. The molecule has 1 aromatic rings. The molecule has 2 aliphatic heterocycles. The van der Waals surface area contributed by atoms with Crippen LogP contribution >= 0.6 is 0 Å². The lowest BCUT2D eigenvalue weighted by atomic mass is 9.98. The van der Waals surface area contributed by atoms with E-state index in [4.69, 9.17) is 0 Å². The monoisotopic (exact) mass is 287 g/mol. The number of hydrogen-bond donors (Lipinski definition) is 1. The van der Waals surface area contributed by atoms with E-state index in [0.29, 0.717) is 12.5 Å². The number of likely N-dealkylation sites (tertiary alicyclic amines) is 1. The summed E-state index contributed by atoms with van der Waals surface area (Å²) in [6.07, 6.45) is 3.47. The quantitative estimate of drug-likeness (QED) is 0.912. The first-order valence-electron chi connectivity index (χ1n) is 8.03. The summed E-state index contributed by atoms with van der Waals surface area (Å²) in [7, 11) is 2.01. The summed E-state index contributed by atoms with van der Waals surface area (Å²) in [4.78, 5) is 16.9. The van der Waals surface area contributed by atoms with Crippen molar-refractivity contribution in [3.8, 4) is 0 Å². The first-order chi connectivity index (χ1) is 10.3. The van der Waals surface area contributed by atoms with Crippen molar-refractivity contribution in [1.29, 1.82) is 0 Å². The number of amides is 1. The zero-order valence-corrected chi connectivity index (χ0v) is 12.8. The molecule has 1 saturated heterocycles. The Hall–Kier alpha value is -1.39. The summed E-state index contributed by atoms with van der Waals surface area (Å²) >= 11 is 0. The standard InChI is InChI=1S/C17H25N3O/c1-18-11-14-5-4-9-19(12-14)13-17(21)20-10-8-15-6-2-3-7-16(15)20/h2-3,6-7,14,18H,4-5,8-13H2,1H3. The molecule has 114 valence electrons. The second-order valence-electron chi connectivity index (χ2n) is 6.23. The van der Waals surface area contributed by atoms with Crippen LogP contribution < -0.4 is 10.2 Å². The van der Waals surface area contributed by atoms with Crippen molar-refractivity contribution >= 4 is 11.6 Å². The van der Waals surface area contributed by atoms with E-state index in [9.17, 15) is 4.79 Å². The normalized spacial score (nSPS) is 22.3. The summed E-state index contributed by atoms with van der Waals surface area (Å²) in [6.45, 7) is 4.56. The third-order valence-corrected chi connectivity index (χ3v) is 4.64. The van der Waals surface area contributed by atoms with Crippen molar-refractivity contribution in [3.63, 3.8) is 0 Å². The van der Waals surface area contributed by atoms with Crippen LogP contribution in [0.3, 0.4) is 0 Å². The molecule has 4 nitrogen and oxygen atoms in total. The van der Waals surface area contributed by atoms with E-state index in [1.807, 2.05) is 18.0 Å². The molecule has 21 heavy (non-hydrogen) atoms. The minimum atomic E-state index is 0.255. The highest BCUT2D eigenvalue weighted by Gasteiger charge is 2.27. The highest BCUT2D eigenvalue weighted by molar-refractivity contribution is 5.96. The molecule has 1 N–H and O–H groups in total. The van der Waals surface area contributed by atoms with E-state index in [-0.39, 0.29) is 5.91 Å². The largest absolute Gasteiger partial charge is 0.319 e. The van der Waals surface area contributed by atoms with Crippen molar-refractivity contribution in [2.24, 2.45) is 5.92 Å². The summed E-state index contributed by atoms with van der Waals surface area (Å²) < 4.78 is 0. The van der Waals surface area contributed by atoms with Gasteiger partial charge in [-0.05, 0) is 56.9 Å². The fourth-order valence-electron chi connectivity index (χ4n) is 3.62. The fourth-order valence-corrected chi connectivity index (χ4v) is 3.62. The van der Waals surface area contributed by atoms with Gasteiger partial charge in [0.1, 0.15) is 0 Å². The van der Waals surface area contributed by atoms with Gasteiger partial charge >= 0.3 is 0 Å². The second kappa shape index (κ2) is 6.58. The molecule has 0 spiro atoms. The van der Waals surface area contributed by atoms with Crippen LogP contribution in [0.1, 0.15) is 18.4 Å². The van der Waals surface area contributed by atoms with Crippen LogP contribution in [0.5, 0.6) is 0 Å². The van der Waals surface area contributed by atoms with E-state index >= 15 is 0 Å². The zero-order valence-electron chi connectivity index (χ0n) is 12.8. The predicted molar refractivity (Wildman–Crippen MR) is 85.6 cm³/mol. The van der Waals surface area contributed by atoms with E-state index < -0.39 is 0 Å². The molecule has 1 fully saturated rings. The average molecular weight is 287 g/mol. The predicted octanol–water partition coefficient (Wildman–Crippen LogP) is 1.51. The van der Waals surface area contributed by atoms with Gasteiger partial charge in [0.05, 0.1) is 6.54 Å². The summed E-state index contributed by atoms with van der Waals surface area (Å²) in [5, 5.41) is 3.26. The smallest absolute Gasteiger partial charge is 0.241 e. The summed E-state index contributed by atoms with van der Waals surface area (Å²) in [5.74, 6) is 0.937. The van der Waals surface area contributed by atoms with Crippen molar-refractivity contribution in [2.75, 3.05) is 44.7 Å². The molecule has 1 amide bonds. The molecule has 0 radical (unpaired) electrons. The van der Waals surface area contributed by atoms with E-state index in [0.717, 1.165) is 38.3 Å². The number of hydrogen-bond acceptors (Lipinski definition) is 3. The van der Waals surface area contributed by atoms with Crippen molar-refractivity contribution in [2.45, 2.75) is 19.3 Å². The Bertz CT molecular complexity index is 501. The number of carbonyl (C=O) groups excluding carboxylic acids is 1. The minimum absolute atomic E-state index is 0.255. The maximum atomic E-state index is 12.6. The Morgan fingerprint density at radius 2 is 2.19 bits per heavy atom. The molecule has 1 atom stereocenters.